The van der Waals surface area contributed by atoms with Gasteiger partial charge < -0.3 is 14.2 Å². The van der Waals surface area contributed by atoms with Gasteiger partial charge in [0.1, 0.15) is 11.5 Å². The van der Waals surface area contributed by atoms with E-state index in [1.807, 2.05) is 0 Å². The summed E-state index contributed by atoms with van der Waals surface area (Å²) in [5.41, 5.74) is -1.01. The number of aromatic nitrogens is 4. The molecule has 0 aliphatic heterocycles. The van der Waals surface area contributed by atoms with Gasteiger partial charge >= 0.3 is 12.1 Å². The monoisotopic (exact) mass is 490 g/mol. The van der Waals surface area contributed by atoms with Crippen LogP contribution in [0.4, 0.5) is 17.6 Å². The summed E-state index contributed by atoms with van der Waals surface area (Å²) in [5.74, 6) is -0.956. The molecule has 7 nitrogen and oxygen atoms in total. The first-order valence-electron chi connectivity index (χ1n) is 10.8. The van der Waals surface area contributed by atoms with Gasteiger partial charge in [0.2, 0.25) is 5.60 Å². The molecule has 184 valence electrons. The first-order valence-corrected chi connectivity index (χ1v) is 10.8. The number of hydrogen-bond acceptors (Lipinski definition) is 5. The summed E-state index contributed by atoms with van der Waals surface area (Å²) >= 11 is 0. The zero-order valence-electron chi connectivity index (χ0n) is 18.9. The molecule has 0 aliphatic rings. The number of halogens is 4. The largest absolute Gasteiger partial charge is 0.462 e. The summed E-state index contributed by atoms with van der Waals surface area (Å²) in [4.78, 5) is 13.7. The predicted molar refractivity (Wildman–Crippen MR) is 118 cm³/mol. The van der Waals surface area contributed by atoms with Gasteiger partial charge in [-0.05, 0) is 66.9 Å². The predicted octanol–water partition coefficient (Wildman–Crippen LogP) is 4.72. The van der Waals surface area contributed by atoms with E-state index in [1.165, 1.54) is 19.1 Å². The Labute approximate surface area is 197 Å². The van der Waals surface area contributed by atoms with E-state index in [0.717, 1.165) is 11.0 Å². The number of ether oxygens (including phenoxy) is 1. The van der Waals surface area contributed by atoms with Crippen LogP contribution in [0.5, 0.6) is 0 Å². The van der Waals surface area contributed by atoms with Crippen LogP contribution in [0.15, 0.2) is 54.9 Å². The molecular weight excluding hydrogens is 468 g/mol. The number of carbonyl (C=O) groups is 1. The lowest BCUT2D eigenvalue weighted by atomic mass is 9.97. The summed E-state index contributed by atoms with van der Waals surface area (Å²) in [6, 6.07) is 10.7. The van der Waals surface area contributed by atoms with E-state index in [9.17, 15) is 27.5 Å². The van der Waals surface area contributed by atoms with Crippen LogP contribution >= 0.6 is 0 Å². The van der Waals surface area contributed by atoms with Crippen LogP contribution in [0.3, 0.4) is 0 Å². The van der Waals surface area contributed by atoms with Crippen molar-refractivity contribution in [2.75, 3.05) is 6.61 Å². The van der Waals surface area contributed by atoms with Gasteiger partial charge in [-0.25, -0.2) is 9.18 Å². The van der Waals surface area contributed by atoms with Gasteiger partial charge in [-0.3, -0.25) is 0 Å². The Kier molecular flexibility index (Phi) is 6.37. The van der Waals surface area contributed by atoms with Crippen molar-refractivity contribution in [1.29, 1.82) is 0 Å². The van der Waals surface area contributed by atoms with Crippen molar-refractivity contribution >= 4 is 11.5 Å². The van der Waals surface area contributed by atoms with Gasteiger partial charge in [0.25, 0.3) is 0 Å². The lowest BCUT2D eigenvalue weighted by Gasteiger charge is -2.26. The molecule has 0 amide bonds. The molecule has 0 saturated heterocycles. The summed E-state index contributed by atoms with van der Waals surface area (Å²) in [5, 5.41) is 17.8. The summed E-state index contributed by atoms with van der Waals surface area (Å²) in [6.07, 6.45) is -2.91. The normalized spacial score (nSPS) is 13.7. The molecule has 4 aromatic rings. The van der Waals surface area contributed by atoms with E-state index in [-0.39, 0.29) is 18.7 Å². The second-order valence-electron chi connectivity index (χ2n) is 7.94. The molecule has 4 rings (SSSR count). The van der Waals surface area contributed by atoms with Crippen molar-refractivity contribution in [2.24, 2.45) is 0 Å². The zero-order chi connectivity index (χ0) is 25.4. The van der Waals surface area contributed by atoms with Crippen LogP contribution in [0.25, 0.3) is 16.8 Å². The Bertz CT molecular complexity index is 1360. The summed E-state index contributed by atoms with van der Waals surface area (Å²) < 4.78 is 60.4. The highest BCUT2D eigenvalue weighted by Gasteiger charge is 2.55. The Morgan fingerprint density at radius 2 is 1.83 bits per heavy atom. The molecule has 1 aromatic carbocycles. The van der Waals surface area contributed by atoms with Crippen LogP contribution in [0.2, 0.25) is 0 Å². The number of nitrogens with zero attached hydrogens (tertiary/aromatic N) is 4. The van der Waals surface area contributed by atoms with Crippen molar-refractivity contribution in [3.05, 3.63) is 77.5 Å². The molecule has 3 heterocycles. The van der Waals surface area contributed by atoms with Crippen LogP contribution in [-0.2, 0) is 16.9 Å². The molecule has 0 bridgehead atoms. The van der Waals surface area contributed by atoms with Crippen molar-refractivity contribution in [1.82, 2.24) is 19.4 Å². The second-order valence-corrected chi connectivity index (χ2v) is 7.94. The highest BCUT2D eigenvalue weighted by molar-refractivity contribution is 5.99. The minimum atomic E-state index is -4.90. The van der Waals surface area contributed by atoms with Crippen LogP contribution in [0.1, 0.15) is 41.9 Å². The van der Waals surface area contributed by atoms with E-state index in [2.05, 4.69) is 10.2 Å². The molecule has 0 aliphatic carbocycles. The Morgan fingerprint density at radius 3 is 2.46 bits per heavy atom. The number of hydrogen-bond donors (Lipinski definition) is 1. The number of aliphatic hydroxyl groups is 1. The van der Waals surface area contributed by atoms with Gasteiger partial charge in [0.15, 0.2) is 0 Å². The second kappa shape index (κ2) is 9.14. The quantitative estimate of drug-likeness (QED) is 0.300. The van der Waals surface area contributed by atoms with E-state index >= 15 is 0 Å². The smallest absolute Gasteiger partial charge is 0.423 e. The van der Waals surface area contributed by atoms with Crippen molar-refractivity contribution in [2.45, 2.75) is 38.6 Å². The number of pyridine rings is 1. The third-order valence-corrected chi connectivity index (χ3v) is 5.72. The molecule has 1 atom stereocenters. The number of fused-ring (bicyclic) bond motifs is 1. The molecule has 35 heavy (non-hydrogen) atoms. The lowest BCUT2D eigenvalue weighted by molar-refractivity contribution is -0.269. The van der Waals surface area contributed by atoms with Crippen molar-refractivity contribution in [3.63, 3.8) is 0 Å². The van der Waals surface area contributed by atoms with E-state index in [0.29, 0.717) is 22.3 Å². The fourth-order valence-corrected chi connectivity index (χ4v) is 3.84. The SMILES string of the molecule is CCOC(=O)c1cc2cc(Cn3ncc(C(O)(CC)C(F)(F)F)n3)ccn2c1-c1ccc(F)cc1. The average molecular weight is 490 g/mol. The van der Waals surface area contributed by atoms with Crippen molar-refractivity contribution < 1.29 is 32.2 Å². The fourth-order valence-electron chi connectivity index (χ4n) is 3.84. The molecule has 3 aromatic heterocycles. The minimum Gasteiger partial charge on any atom is -0.462 e. The van der Waals surface area contributed by atoms with Gasteiger partial charge in [-0.2, -0.15) is 28.2 Å². The van der Waals surface area contributed by atoms with Crippen LogP contribution in [0, 0.1) is 5.82 Å². The van der Waals surface area contributed by atoms with Crippen LogP contribution < -0.4 is 0 Å². The third kappa shape index (κ3) is 4.51. The Balaban J connectivity index is 1.71. The standard InChI is InChI=1S/C24H22F4N4O3/c1-3-23(34,24(26,27)28)20-13-29-32(30-20)14-15-9-10-31-18(11-15)12-19(22(33)35-4-2)21(31)16-5-7-17(25)8-6-16/h5-13,34H,3-4,14H2,1-2H3. The third-order valence-electron chi connectivity index (χ3n) is 5.72. The van der Waals surface area contributed by atoms with Gasteiger partial charge in [0, 0.05) is 11.7 Å². The molecule has 0 saturated carbocycles. The molecule has 11 heteroatoms. The van der Waals surface area contributed by atoms with E-state index < -0.39 is 35.7 Å². The maximum atomic E-state index is 13.5. The Morgan fingerprint density at radius 1 is 1.11 bits per heavy atom. The fraction of sp³-hybridized carbons (Fsp3) is 0.292. The maximum absolute atomic E-state index is 13.5. The van der Waals surface area contributed by atoms with Gasteiger partial charge in [-0.15, -0.1) is 0 Å². The highest BCUT2D eigenvalue weighted by atomic mass is 19.4. The number of rotatable bonds is 7. The molecule has 1 N–H and O–H groups in total. The average Bonchev–Trinajstić information content (AvgIpc) is 3.43. The zero-order valence-corrected chi connectivity index (χ0v) is 18.9. The summed E-state index contributed by atoms with van der Waals surface area (Å²) in [7, 11) is 0. The molecular formula is C24H22F4N4O3. The Hall–Kier alpha value is -3.73. The first-order chi connectivity index (χ1) is 16.6. The summed E-state index contributed by atoms with van der Waals surface area (Å²) in [6.45, 7) is 3.11. The van der Waals surface area contributed by atoms with E-state index in [1.54, 1.807) is 47.9 Å². The van der Waals surface area contributed by atoms with Gasteiger partial charge in [0.05, 0.1) is 30.6 Å². The molecule has 1 unspecified atom stereocenters. The lowest BCUT2D eigenvalue weighted by Crippen LogP contribution is -2.42. The number of benzene rings is 1. The van der Waals surface area contributed by atoms with Crippen molar-refractivity contribution in [3.8, 4) is 11.3 Å². The molecule has 0 fully saturated rings. The van der Waals surface area contributed by atoms with E-state index in [4.69, 9.17) is 4.74 Å². The number of carbonyl (C=O) groups excluding carboxylic acids is 1. The van der Waals surface area contributed by atoms with Gasteiger partial charge in [-0.1, -0.05) is 6.92 Å². The van der Waals surface area contributed by atoms with Crippen LogP contribution in [-0.4, -0.2) is 43.3 Å². The first kappa shape index (κ1) is 24.4. The number of alkyl halides is 3. The molecule has 0 radical (unpaired) electrons. The minimum absolute atomic E-state index is 0.0277. The highest BCUT2D eigenvalue weighted by Crippen LogP contribution is 2.40. The number of esters is 1. The molecule has 0 spiro atoms. The maximum Gasteiger partial charge on any atom is 0.423 e. The topological polar surface area (TPSA) is 81.7 Å².